The SMILES string of the molecule is CCCCCNCc1ccc(COC)o1. The van der Waals surface area contributed by atoms with Gasteiger partial charge in [-0.25, -0.2) is 0 Å². The van der Waals surface area contributed by atoms with E-state index in [9.17, 15) is 0 Å². The van der Waals surface area contributed by atoms with Gasteiger partial charge in [-0.1, -0.05) is 19.8 Å². The highest BCUT2D eigenvalue weighted by atomic mass is 16.5. The Labute approximate surface area is 91.8 Å². The normalized spacial score (nSPS) is 10.8. The Bertz CT molecular complexity index is 258. The molecule has 1 rings (SSSR count). The van der Waals surface area contributed by atoms with Crippen molar-refractivity contribution >= 4 is 0 Å². The third kappa shape index (κ3) is 5.00. The van der Waals surface area contributed by atoms with Gasteiger partial charge in [-0.3, -0.25) is 0 Å². The van der Waals surface area contributed by atoms with E-state index in [1.54, 1.807) is 7.11 Å². The van der Waals surface area contributed by atoms with E-state index in [0.717, 1.165) is 24.6 Å². The Morgan fingerprint density at radius 1 is 1.27 bits per heavy atom. The van der Waals surface area contributed by atoms with Crippen molar-refractivity contribution in [3.8, 4) is 0 Å². The van der Waals surface area contributed by atoms with Crippen LogP contribution in [0.25, 0.3) is 0 Å². The van der Waals surface area contributed by atoms with Crippen LogP contribution in [-0.2, 0) is 17.9 Å². The third-order valence-corrected chi connectivity index (χ3v) is 2.26. The van der Waals surface area contributed by atoms with Gasteiger partial charge in [0.05, 0.1) is 6.54 Å². The van der Waals surface area contributed by atoms with Gasteiger partial charge in [0, 0.05) is 7.11 Å². The average molecular weight is 211 g/mol. The van der Waals surface area contributed by atoms with Crippen LogP contribution in [0.5, 0.6) is 0 Å². The minimum atomic E-state index is 0.551. The number of rotatable bonds is 8. The smallest absolute Gasteiger partial charge is 0.129 e. The number of methoxy groups -OCH3 is 1. The van der Waals surface area contributed by atoms with E-state index < -0.39 is 0 Å². The first-order valence-corrected chi connectivity index (χ1v) is 5.64. The zero-order valence-corrected chi connectivity index (χ0v) is 9.71. The second-order valence-corrected chi connectivity index (χ2v) is 3.68. The molecule has 0 saturated heterocycles. The monoisotopic (exact) mass is 211 g/mol. The molecule has 15 heavy (non-hydrogen) atoms. The average Bonchev–Trinajstić information content (AvgIpc) is 2.66. The molecule has 0 amide bonds. The number of unbranched alkanes of at least 4 members (excludes halogenated alkanes) is 2. The Morgan fingerprint density at radius 3 is 2.80 bits per heavy atom. The van der Waals surface area contributed by atoms with Crippen LogP contribution in [0.1, 0.15) is 37.7 Å². The summed E-state index contributed by atoms with van der Waals surface area (Å²) in [5, 5.41) is 3.36. The van der Waals surface area contributed by atoms with Crippen LogP contribution >= 0.6 is 0 Å². The molecule has 1 aromatic heterocycles. The van der Waals surface area contributed by atoms with Crippen LogP contribution in [0.4, 0.5) is 0 Å². The fraction of sp³-hybridized carbons (Fsp3) is 0.667. The molecule has 0 radical (unpaired) electrons. The minimum Gasteiger partial charge on any atom is -0.462 e. The summed E-state index contributed by atoms with van der Waals surface area (Å²) in [5.41, 5.74) is 0. The Kier molecular flexibility index (Phi) is 6.12. The van der Waals surface area contributed by atoms with Crippen LogP contribution in [0.2, 0.25) is 0 Å². The van der Waals surface area contributed by atoms with Gasteiger partial charge >= 0.3 is 0 Å². The Balaban J connectivity index is 2.14. The summed E-state index contributed by atoms with van der Waals surface area (Å²) >= 11 is 0. The highest BCUT2D eigenvalue weighted by Gasteiger charge is 2.00. The summed E-state index contributed by atoms with van der Waals surface area (Å²) < 4.78 is 10.5. The van der Waals surface area contributed by atoms with Crippen LogP contribution in [-0.4, -0.2) is 13.7 Å². The fourth-order valence-corrected chi connectivity index (χ4v) is 1.45. The van der Waals surface area contributed by atoms with E-state index in [-0.39, 0.29) is 0 Å². The summed E-state index contributed by atoms with van der Waals surface area (Å²) in [6.07, 6.45) is 3.79. The first-order valence-electron chi connectivity index (χ1n) is 5.64. The molecule has 0 saturated carbocycles. The van der Waals surface area contributed by atoms with Crippen molar-refractivity contribution in [1.29, 1.82) is 0 Å². The van der Waals surface area contributed by atoms with Crippen molar-refractivity contribution in [3.63, 3.8) is 0 Å². The zero-order valence-electron chi connectivity index (χ0n) is 9.71. The standard InChI is InChI=1S/C12H21NO2/c1-3-4-5-8-13-9-11-6-7-12(15-11)10-14-2/h6-7,13H,3-5,8-10H2,1-2H3. The molecule has 3 nitrogen and oxygen atoms in total. The van der Waals surface area contributed by atoms with E-state index in [2.05, 4.69) is 12.2 Å². The molecule has 1 heterocycles. The molecule has 0 bridgehead atoms. The maximum Gasteiger partial charge on any atom is 0.129 e. The summed E-state index contributed by atoms with van der Waals surface area (Å²) in [4.78, 5) is 0. The summed E-state index contributed by atoms with van der Waals surface area (Å²) in [6, 6.07) is 3.97. The van der Waals surface area contributed by atoms with Crippen molar-refractivity contribution in [2.45, 2.75) is 39.3 Å². The van der Waals surface area contributed by atoms with Gasteiger partial charge in [0.1, 0.15) is 18.1 Å². The van der Waals surface area contributed by atoms with Crippen molar-refractivity contribution in [2.24, 2.45) is 0 Å². The second kappa shape index (κ2) is 7.49. The van der Waals surface area contributed by atoms with Crippen molar-refractivity contribution < 1.29 is 9.15 Å². The molecule has 0 fully saturated rings. The maximum atomic E-state index is 5.54. The lowest BCUT2D eigenvalue weighted by molar-refractivity contribution is 0.162. The van der Waals surface area contributed by atoms with Gasteiger partial charge in [-0.15, -0.1) is 0 Å². The zero-order chi connectivity index (χ0) is 10.9. The first-order chi connectivity index (χ1) is 7.36. The number of nitrogens with one attached hydrogen (secondary N) is 1. The second-order valence-electron chi connectivity index (χ2n) is 3.68. The van der Waals surface area contributed by atoms with E-state index in [4.69, 9.17) is 9.15 Å². The number of hydrogen-bond donors (Lipinski definition) is 1. The van der Waals surface area contributed by atoms with E-state index in [1.165, 1.54) is 19.3 Å². The Hall–Kier alpha value is -0.800. The number of hydrogen-bond acceptors (Lipinski definition) is 3. The van der Waals surface area contributed by atoms with Gasteiger partial charge in [0.2, 0.25) is 0 Å². The molecule has 0 aliphatic heterocycles. The third-order valence-electron chi connectivity index (χ3n) is 2.26. The Morgan fingerprint density at radius 2 is 2.07 bits per heavy atom. The van der Waals surface area contributed by atoms with Gasteiger partial charge < -0.3 is 14.5 Å². The number of furan rings is 1. The lowest BCUT2D eigenvalue weighted by atomic mass is 10.2. The molecular formula is C12H21NO2. The van der Waals surface area contributed by atoms with Gasteiger partial charge in [-0.05, 0) is 25.1 Å². The molecule has 0 aliphatic carbocycles. The van der Waals surface area contributed by atoms with Gasteiger partial charge in [0.15, 0.2) is 0 Å². The first kappa shape index (κ1) is 12.3. The topological polar surface area (TPSA) is 34.4 Å². The van der Waals surface area contributed by atoms with Crippen molar-refractivity contribution in [2.75, 3.05) is 13.7 Å². The van der Waals surface area contributed by atoms with Crippen LogP contribution in [0, 0.1) is 0 Å². The van der Waals surface area contributed by atoms with Crippen molar-refractivity contribution in [3.05, 3.63) is 23.7 Å². The molecule has 3 heteroatoms. The minimum absolute atomic E-state index is 0.551. The van der Waals surface area contributed by atoms with Gasteiger partial charge in [0.25, 0.3) is 0 Å². The summed E-state index contributed by atoms with van der Waals surface area (Å²) in [5.74, 6) is 1.88. The fourth-order valence-electron chi connectivity index (χ4n) is 1.45. The van der Waals surface area contributed by atoms with Crippen LogP contribution < -0.4 is 5.32 Å². The van der Waals surface area contributed by atoms with E-state index in [1.807, 2.05) is 12.1 Å². The highest BCUT2D eigenvalue weighted by Crippen LogP contribution is 2.08. The lowest BCUT2D eigenvalue weighted by Gasteiger charge is -2.01. The van der Waals surface area contributed by atoms with Crippen LogP contribution in [0.15, 0.2) is 16.5 Å². The highest BCUT2D eigenvalue weighted by molar-refractivity contribution is 5.06. The predicted molar refractivity (Wildman–Crippen MR) is 60.7 cm³/mol. The molecule has 0 aromatic carbocycles. The quantitative estimate of drug-likeness (QED) is 0.671. The van der Waals surface area contributed by atoms with Crippen molar-refractivity contribution in [1.82, 2.24) is 5.32 Å². The van der Waals surface area contributed by atoms with E-state index >= 15 is 0 Å². The van der Waals surface area contributed by atoms with E-state index in [0.29, 0.717) is 6.61 Å². The van der Waals surface area contributed by atoms with Crippen LogP contribution in [0.3, 0.4) is 0 Å². The van der Waals surface area contributed by atoms with Gasteiger partial charge in [-0.2, -0.15) is 0 Å². The maximum absolute atomic E-state index is 5.54. The lowest BCUT2D eigenvalue weighted by Crippen LogP contribution is -2.13. The summed E-state index contributed by atoms with van der Waals surface area (Å²) in [7, 11) is 1.67. The molecule has 0 aliphatic rings. The molecule has 0 spiro atoms. The molecule has 0 atom stereocenters. The number of ether oxygens (including phenoxy) is 1. The largest absolute Gasteiger partial charge is 0.462 e. The molecule has 0 unspecified atom stereocenters. The molecule has 1 N–H and O–H groups in total. The predicted octanol–water partition coefficient (Wildman–Crippen LogP) is 2.71. The molecular weight excluding hydrogens is 190 g/mol. The molecule has 86 valence electrons. The molecule has 1 aromatic rings. The summed E-state index contributed by atoms with van der Waals surface area (Å²) in [6.45, 7) is 4.64.